The summed E-state index contributed by atoms with van der Waals surface area (Å²) in [6.07, 6.45) is 5.48. The molecule has 0 atom stereocenters. The summed E-state index contributed by atoms with van der Waals surface area (Å²) in [4.78, 5) is 31.6. The van der Waals surface area contributed by atoms with Crippen molar-refractivity contribution in [1.82, 2.24) is 9.97 Å². The Labute approximate surface area is 183 Å². The number of hydrogen-bond donors (Lipinski definition) is 0. The molecular formula is C25H28N2O4. The lowest BCUT2D eigenvalue weighted by Gasteiger charge is -2.33. The molecule has 0 spiro atoms. The number of carbonyl (C=O) groups excluding carboxylic acids is 2. The van der Waals surface area contributed by atoms with Crippen molar-refractivity contribution in [2.75, 3.05) is 13.2 Å². The average Bonchev–Trinajstić information content (AvgIpc) is 2.73. The van der Waals surface area contributed by atoms with Crippen molar-refractivity contribution in [2.45, 2.75) is 58.8 Å². The summed E-state index contributed by atoms with van der Waals surface area (Å²) in [5.74, 6) is 6.65. The van der Waals surface area contributed by atoms with Crippen LogP contribution < -0.4 is 4.74 Å². The van der Waals surface area contributed by atoms with Crippen LogP contribution in [0.15, 0.2) is 24.5 Å². The van der Waals surface area contributed by atoms with Gasteiger partial charge in [-0.3, -0.25) is 4.79 Å². The molecule has 2 aromatic rings. The monoisotopic (exact) mass is 420 g/mol. The van der Waals surface area contributed by atoms with Gasteiger partial charge in [-0.15, -0.1) is 0 Å². The van der Waals surface area contributed by atoms with Gasteiger partial charge in [-0.1, -0.05) is 25.7 Å². The van der Waals surface area contributed by atoms with Crippen LogP contribution in [0.4, 0.5) is 0 Å². The van der Waals surface area contributed by atoms with Crippen molar-refractivity contribution < 1.29 is 19.1 Å². The quantitative estimate of drug-likeness (QED) is 0.403. The van der Waals surface area contributed by atoms with Crippen LogP contribution >= 0.6 is 0 Å². The summed E-state index contributed by atoms with van der Waals surface area (Å²) in [7, 11) is 0. The minimum absolute atomic E-state index is 0.0666. The number of aromatic nitrogens is 2. The minimum atomic E-state index is -0.776. The highest BCUT2D eigenvalue weighted by molar-refractivity contribution is 6.33. The second kappa shape index (κ2) is 9.74. The summed E-state index contributed by atoms with van der Waals surface area (Å²) >= 11 is 0. The van der Waals surface area contributed by atoms with Gasteiger partial charge in [-0.25, -0.2) is 14.8 Å². The van der Waals surface area contributed by atoms with E-state index in [1.54, 1.807) is 19.3 Å². The van der Waals surface area contributed by atoms with Crippen LogP contribution in [0.5, 0.6) is 5.75 Å². The van der Waals surface area contributed by atoms with E-state index in [4.69, 9.17) is 9.47 Å². The average molecular weight is 421 g/mol. The van der Waals surface area contributed by atoms with Crippen LogP contribution in [0.1, 0.15) is 68.1 Å². The zero-order chi connectivity index (χ0) is 22.4. The Morgan fingerprint density at radius 2 is 1.94 bits per heavy atom. The van der Waals surface area contributed by atoms with Crippen molar-refractivity contribution in [1.29, 1.82) is 0 Å². The van der Waals surface area contributed by atoms with Gasteiger partial charge in [-0.2, -0.15) is 0 Å². The van der Waals surface area contributed by atoms with Crippen LogP contribution in [0.2, 0.25) is 0 Å². The highest BCUT2D eigenvalue weighted by Gasteiger charge is 2.29. The molecule has 1 aromatic heterocycles. The summed E-state index contributed by atoms with van der Waals surface area (Å²) in [5.41, 5.74) is 4.03. The molecule has 6 heteroatoms. The molecule has 0 N–H and O–H groups in total. The molecule has 0 amide bonds. The fraction of sp³-hybridized carbons (Fsp3) is 0.440. The third kappa shape index (κ3) is 5.69. The van der Waals surface area contributed by atoms with Gasteiger partial charge < -0.3 is 9.47 Å². The van der Waals surface area contributed by atoms with Crippen molar-refractivity contribution in [3.8, 4) is 17.6 Å². The molecule has 6 nitrogen and oxygen atoms in total. The third-order valence-corrected chi connectivity index (χ3v) is 5.39. The van der Waals surface area contributed by atoms with Crippen molar-refractivity contribution in [3.63, 3.8) is 0 Å². The van der Waals surface area contributed by atoms with Crippen molar-refractivity contribution in [2.24, 2.45) is 0 Å². The van der Waals surface area contributed by atoms with Crippen molar-refractivity contribution >= 4 is 11.8 Å². The molecule has 31 heavy (non-hydrogen) atoms. The number of aryl methyl sites for hydroxylation is 2. The molecule has 1 aliphatic heterocycles. The maximum Gasteiger partial charge on any atom is 0.374 e. The number of Topliss-reactive ketones (excluding diaryl/α,β-unsaturated/α-hetero) is 1. The SMILES string of the molecule is CCOC(=O)C(=O)CCCc1ncc(C#Cc2cc3c(cc2C)OCCC3(C)C)cn1. The van der Waals surface area contributed by atoms with Gasteiger partial charge in [0.05, 0.1) is 18.8 Å². The van der Waals surface area contributed by atoms with Gasteiger partial charge in [0.25, 0.3) is 0 Å². The maximum absolute atomic E-state index is 11.6. The van der Waals surface area contributed by atoms with E-state index in [9.17, 15) is 9.59 Å². The summed E-state index contributed by atoms with van der Waals surface area (Å²) in [6.45, 7) is 9.11. The summed E-state index contributed by atoms with van der Waals surface area (Å²) < 4.78 is 10.5. The molecule has 0 unspecified atom stereocenters. The molecule has 0 aliphatic carbocycles. The number of carbonyl (C=O) groups is 2. The number of esters is 1. The number of rotatable bonds is 6. The predicted octanol–water partition coefficient (Wildman–Crippen LogP) is 3.70. The smallest absolute Gasteiger partial charge is 0.374 e. The van der Waals surface area contributed by atoms with E-state index in [-0.39, 0.29) is 18.4 Å². The molecule has 0 fully saturated rings. The fourth-order valence-electron chi connectivity index (χ4n) is 3.42. The lowest BCUT2D eigenvalue weighted by molar-refractivity contribution is -0.153. The number of ketones is 1. The molecule has 0 bridgehead atoms. The van der Waals surface area contributed by atoms with Gasteiger partial charge in [0.1, 0.15) is 11.6 Å². The van der Waals surface area contributed by atoms with E-state index in [2.05, 4.69) is 47.8 Å². The van der Waals surface area contributed by atoms with E-state index in [0.717, 1.165) is 35.5 Å². The van der Waals surface area contributed by atoms with Crippen molar-refractivity contribution in [3.05, 3.63) is 52.6 Å². The van der Waals surface area contributed by atoms with Crippen LogP contribution in [0.3, 0.4) is 0 Å². The predicted molar refractivity (Wildman–Crippen MR) is 117 cm³/mol. The summed E-state index contributed by atoms with van der Waals surface area (Å²) in [6, 6.07) is 4.20. The van der Waals surface area contributed by atoms with Crippen LogP contribution in [0.25, 0.3) is 0 Å². The molecule has 0 saturated carbocycles. The number of ether oxygens (including phenoxy) is 2. The Kier molecular flexibility index (Phi) is 7.06. The molecule has 2 heterocycles. The molecular weight excluding hydrogens is 392 g/mol. The third-order valence-electron chi connectivity index (χ3n) is 5.39. The van der Waals surface area contributed by atoms with E-state index in [1.807, 2.05) is 6.92 Å². The molecule has 0 radical (unpaired) electrons. The number of hydrogen-bond acceptors (Lipinski definition) is 6. The Hall–Kier alpha value is -3.20. The van der Waals surface area contributed by atoms with Crippen LogP contribution in [0, 0.1) is 18.8 Å². The second-order valence-corrected chi connectivity index (χ2v) is 8.28. The minimum Gasteiger partial charge on any atom is -0.493 e. The fourth-order valence-corrected chi connectivity index (χ4v) is 3.42. The Morgan fingerprint density at radius 1 is 1.19 bits per heavy atom. The number of benzene rings is 1. The van der Waals surface area contributed by atoms with Gasteiger partial charge in [0, 0.05) is 36.4 Å². The Morgan fingerprint density at radius 3 is 2.65 bits per heavy atom. The van der Waals surface area contributed by atoms with E-state index in [0.29, 0.717) is 18.7 Å². The first-order chi connectivity index (χ1) is 14.8. The molecule has 162 valence electrons. The highest BCUT2D eigenvalue weighted by atomic mass is 16.5. The lowest BCUT2D eigenvalue weighted by atomic mass is 9.78. The first-order valence-electron chi connectivity index (χ1n) is 10.6. The summed E-state index contributed by atoms with van der Waals surface area (Å²) in [5, 5.41) is 0. The topological polar surface area (TPSA) is 78.4 Å². The van der Waals surface area contributed by atoms with Crippen LogP contribution in [-0.4, -0.2) is 34.9 Å². The normalized spacial score (nSPS) is 13.9. The van der Waals surface area contributed by atoms with Gasteiger partial charge in [-0.05, 0) is 49.8 Å². The Bertz CT molecular complexity index is 1030. The second-order valence-electron chi connectivity index (χ2n) is 8.28. The van der Waals surface area contributed by atoms with Gasteiger partial charge in [0.15, 0.2) is 0 Å². The zero-order valence-electron chi connectivity index (χ0n) is 18.6. The standard InChI is InChI=1S/C25H28N2O4/c1-5-30-24(29)21(28)7-6-8-23-26-15-18(16-27-23)9-10-19-14-20-22(13-17(19)2)31-12-11-25(20,3)4/h13-16H,5-8,11-12H2,1-4H3. The first-order valence-corrected chi connectivity index (χ1v) is 10.6. The zero-order valence-corrected chi connectivity index (χ0v) is 18.6. The van der Waals surface area contributed by atoms with Gasteiger partial charge >= 0.3 is 5.97 Å². The Balaban J connectivity index is 1.64. The van der Waals surface area contributed by atoms with E-state index >= 15 is 0 Å². The molecule has 1 aliphatic rings. The highest BCUT2D eigenvalue weighted by Crippen LogP contribution is 2.39. The molecule has 1 aromatic carbocycles. The number of fused-ring (bicyclic) bond motifs is 1. The molecule has 3 rings (SSSR count). The largest absolute Gasteiger partial charge is 0.493 e. The van der Waals surface area contributed by atoms with Crippen LogP contribution in [-0.2, 0) is 26.2 Å². The van der Waals surface area contributed by atoms with E-state index in [1.165, 1.54) is 5.56 Å². The number of nitrogens with zero attached hydrogens (tertiary/aromatic N) is 2. The lowest BCUT2D eigenvalue weighted by Crippen LogP contribution is -2.26. The maximum atomic E-state index is 11.6. The molecule has 0 saturated heterocycles. The van der Waals surface area contributed by atoms with Gasteiger partial charge in [0.2, 0.25) is 5.78 Å². The first kappa shape index (κ1) is 22.5. The van der Waals surface area contributed by atoms with E-state index < -0.39 is 11.8 Å².